The lowest BCUT2D eigenvalue weighted by Crippen LogP contribution is -2.36. The van der Waals surface area contributed by atoms with Crippen LogP contribution in [0.15, 0.2) is 29.2 Å². The summed E-state index contributed by atoms with van der Waals surface area (Å²) in [4.78, 5) is 21.8. The summed E-state index contributed by atoms with van der Waals surface area (Å²) in [7, 11) is -3.78. The van der Waals surface area contributed by atoms with Gasteiger partial charge in [0.2, 0.25) is 10.0 Å². The Labute approximate surface area is 117 Å². The average Bonchev–Trinajstić information content (AvgIpc) is 2.37. The lowest BCUT2D eigenvalue weighted by atomic mass is 10.2. The third-order valence-electron chi connectivity index (χ3n) is 2.81. The molecule has 20 heavy (non-hydrogen) atoms. The number of benzene rings is 1. The maximum atomic E-state index is 12.1. The number of carboxylic acid groups (broad SMARTS) is 1. The first-order valence-electron chi connectivity index (χ1n) is 6.11. The van der Waals surface area contributed by atoms with Crippen LogP contribution in [-0.2, 0) is 14.8 Å². The molecule has 0 radical (unpaired) electrons. The number of aliphatic carboxylic acids is 1. The highest BCUT2D eigenvalue weighted by atomic mass is 32.2. The van der Waals surface area contributed by atoms with Gasteiger partial charge >= 0.3 is 5.97 Å². The quantitative estimate of drug-likeness (QED) is 0.742. The Morgan fingerprint density at radius 3 is 2.20 bits per heavy atom. The van der Waals surface area contributed by atoms with Crippen molar-refractivity contribution >= 4 is 21.8 Å². The van der Waals surface area contributed by atoms with Crippen molar-refractivity contribution in [2.24, 2.45) is 0 Å². The van der Waals surface area contributed by atoms with Gasteiger partial charge in [0.05, 0.1) is 11.3 Å². The van der Waals surface area contributed by atoms with Crippen molar-refractivity contribution in [3.05, 3.63) is 29.8 Å². The van der Waals surface area contributed by atoms with Crippen LogP contribution < -0.4 is 4.72 Å². The van der Waals surface area contributed by atoms with Gasteiger partial charge in [-0.25, -0.2) is 13.1 Å². The van der Waals surface area contributed by atoms with E-state index in [9.17, 15) is 18.0 Å². The Hall–Kier alpha value is -1.73. The zero-order chi connectivity index (χ0) is 15.3. The summed E-state index contributed by atoms with van der Waals surface area (Å²) in [5, 5.41) is 8.71. The Bertz CT molecular complexity index is 592. The predicted molar refractivity (Wildman–Crippen MR) is 73.1 cm³/mol. The number of hydrogen-bond donors (Lipinski definition) is 2. The van der Waals surface area contributed by atoms with Crippen LogP contribution in [0.25, 0.3) is 0 Å². The lowest BCUT2D eigenvalue weighted by Gasteiger charge is -2.15. The van der Waals surface area contributed by atoms with E-state index < -0.39 is 22.0 Å². The van der Waals surface area contributed by atoms with Crippen LogP contribution in [0.5, 0.6) is 0 Å². The van der Waals surface area contributed by atoms with E-state index in [1.54, 1.807) is 6.92 Å². The average molecular weight is 299 g/mol. The second-order valence-electron chi connectivity index (χ2n) is 4.40. The molecule has 1 aromatic rings. The molecule has 0 bridgehead atoms. The SMILES string of the molecule is CCC(CC(=O)O)NS(=O)(=O)c1ccc(C(C)=O)cc1. The molecule has 1 unspecified atom stereocenters. The molecule has 0 saturated carbocycles. The Balaban J connectivity index is 2.92. The first kappa shape index (κ1) is 16.3. The van der Waals surface area contributed by atoms with Gasteiger partial charge in [-0.05, 0) is 25.5 Å². The van der Waals surface area contributed by atoms with Crippen molar-refractivity contribution in [1.82, 2.24) is 4.72 Å². The van der Waals surface area contributed by atoms with Crippen LogP contribution in [0.4, 0.5) is 0 Å². The predicted octanol–water partition coefficient (Wildman–Crippen LogP) is 1.42. The minimum Gasteiger partial charge on any atom is -0.481 e. The number of carbonyl (C=O) groups excluding carboxylic acids is 1. The number of ketones is 1. The summed E-state index contributed by atoms with van der Waals surface area (Å²) in [6.07, 6.45) is 0.0956. The van der Waals surface area contributed by atoms with Crippen molar-refractivity contribution in [1.29, 1.82) is 0 Å². The topological polar surface area (TPSA) is 101 Å². The van der Waals surface area contributed by atoms with Crippen molar-refractivity contribution < 1.29 is 23.1 Å². The Morgan fingerprint density at radius 2 is 1.80 bits per heavy atom. The maximum Gasteiger partial charge on any atom is 0.304 e. The van der Waals surface area contributed by atoms with Crippen LogP contribution >= 0.6 is 0 Å². The fraction of sp³-hybridized carbons (Fsp3) is 0.385. The fourth-order valence-electron chi connectivity index (χ4n) is 1.64. The first-order chi connectivity index (χ1) is 9.26. The van der Waals surface area contributed by atoms with Gasteiger partial charge in [-0.15, -0.1) is 0 Å². The first-order valence-corrected chi connectivity index (χ1v) is 7.59. The van der Waals surface area contributed by atoms with Crippen LogP contribution in [0.3, 0.4) is 0 Å². The van der Waals surface area contributed by atoms with Gasteiger partial charge in [0.15, 0.2) is 5.78 Å². The van der Waals surface area contributed by atoms with E-state index in [4.69, 9.17) is 5.11 Å². The van der Waals surface area contributed by atoms with E-state index in [0.717, 1.165) is 0 Å². The zero-order valence-corrected chi connectivity index (χ0v) is 12.1. The van der Waals surface area contributed by atoms with Crippen molar-refractivity contribution in [2.45, 2.75) is 37.6 Å². The molecular formula is C13H17NO5S. The zero-order valence-electron chi connectivity index (χ0n) is 11.3. The van der Waals surface area contributed by atoms with E-state index in [1.807, 2.05) is 0 Å². The van der Waals surface area contributed by atoms with Gasteiger partial charge in [-0.1, -0.05) is 19.1 Å². The second-order valence-corrected chi connectivity index (χ2v) is 6.12. The number of hydrogen-bond acceptors (Lipinski definition) is 4. The molecule has 1 atom stereocenters. The molecule has 110 valence electrons. The largest absolute Gasteiger partial charge is 0.481 e. The fourth-order valence-corrected chi connectivity index (χ4v) is 2.96. The number of carboxylic acids is 1. The lowest BCUT2D eigenvalue weighted by molar-refractivity contribution is -0.137. The summed E-state index contributed by atoms with van der Waals surface area (Å²) in [5.74, 6) is -1.22. The monoisotopic (exact) mass is 299 g/mol. The highest BCUT2D eigenvalue weighted by Gasteiger charge is 2.21. The standard InChI is InChI=1S/C13H17NO5S/c1-3-11(8-13(16)17)14-20(18,19)12-6-4-10(5-7-12)9(2)15/h4-7,11,14H,3,8H2,1-2H3,(H,16,17). The smallest absolute Gasteiger partial charge is 0.304 e. The van der Waals surface area contributed by atoms with Crippen molar-refractivity contribution in [3.63, 3.8) is 0 Å². The summed E-state index contributed by atoms with van der Waals surface area (Å²) >= 11 is 0. The molecular weight excluding hydrogens is 282 g/mol. The van der Waals surface area contributed by atoms with Crippen LogP contribution in [0.2, 0.25) is 0 Å². The normalized spacial score (nSPS) is 12.9. The van der Waals surface area contributed by atoms with Gasteiger partial charge in [-0.3, -0.25) is 9.59 Å². The highest BCUT2D eigenvalue weighted by Crippen LogP contribution is 2.13. The molecule has 1 rings (SSSR count). The molecule has 0 fully saturated rings. The summed E-state index contributed by atoms with van der Waals surface area (Å²) < 4.78 is 26.5. The molecule has 0 aliphatic rings. The third-order valence-corrected chi connectivity index (χ3v) is 4.34. The molecule has 6 nitrogen and oxygen atoms in total. The third kappa shape index (κ3) is 4.43. The van der Waals surface area contributed by atoms with Crippen LogP contribution in [-0.4, -0.2) is 31.3 Å². The van der Waals surface area contributed by atoms with Crippen LogP contribution in [0, 0.1) is 0 Å². The molecule has 0 amide bonds. The number of rotatable bonds is 7. The molecule has 7 heteroatoms. The van der Waals surface area contributed by atoms with Crippen molar-refractivity contribution in [3.8, 4) is 0 Å². The molecule has 2 N–H and O–H groups in total. The van der Waals surface area contributed by atoms with E-state index >= 15 is 0 Å². The number of carbonyl (C=O) groups is 2. The van der Waals surface area contributed by atoms with Gasteiger partial charge in [0, 0.05) is 11.6 Å². The second kappa shape index (κ2) is 6.62. The van der Waals surface area contributed by atoms with Gasteiger partial charge < -0.3 is 5.11 Å². The molecule has 0 heterocycles. The molecule has 0 aliphatic heterocycles. The highest BCUT2D eigenvalue weighted by molar-refractivity contribution is 7.89. The van der Waals surface area contributed by atoms with Crippen molar-refractivity contribution in [2.75, 3.05) is 0 Å². The Morgan fingerprint density at radius 1 is 1.25 bits per heavy atom. The molecule has 0 aliphatic carbocycles. The minimum absolute atomic E-state index is 0.00587. The number of sulfonamides is 1. The van der Waals surface area contributed by atoms with E-state index in [0.29, 0.717) is 12.0 Å². The van der Waals surface area contributed by atoms with Crippen LogP contribution in [0.1, 0.15) is 37.0 Å². The number of nitrogens with one attached hydrogen (secondary N) is 1. The minimum atomic E-state index is -3.78. The maximum absolute atomic E-state index is 12.1. The Kier molecular flexibility index (Phi) is 5.41. The van der Waals surface area contributed by atoms with Gasteiger partial charge in [0.1, 0.15) is 0 Å². The van der Waals surface area contributed by atoms with Gasteiger partial charge in [0.25, 0.3) is 0 Å². The summed E-state index contributed by atoms with van der Waals surface area (Å²) in [5.41, 5.74) is 0.418. The van der Waals surface area contributed by atoms with Gasteiger partial charge in [-0.2, -0.15) is 0 Å². The molecule has 0 spiro atoms. The van der Waals surface area contributed by atoms with E-state index in [2.05, 4.69) is 4.72 Å². The number of Topliss-reactive ketones (excluding diaryl/α,β-unsaturated/α-hetero) is 1. The van der Waals surface area contributed by atoms with E-state index in [1.165, 1.54) is 31.2 Å². The summed E-state index contributed by atoms with van der Waals surface area (Å²) in [6.45, 7) is 3.09. The molecule has 0 aromatic heterocycles. The molecule has 0 saturated heterocycles. The summed E-state index contributed by atoms with van der Waals surface area (Å²) in [6, 6.07) is 4.84. The van der Waals surface area contributed by atoms with E-state index in [-0.39, 0.29) is 17.1 Å². The molecule has 1 aromatic carbocycles.